The van der Waals surface area contributed by atoms with Crippen LogP contribution in [0.15, 0.2) is 65.5 Å². The average Bonchev–Trinajstić information content (AvgIpc) is 3.32. The molecule has 0 aliphatic carbocycles. The first kappa shape index (κ1) is 20.1. The molecule has 6 nitrogen and oxygen atoms in total. The van der Waals surface area contributed by atoms with Gasteiger partial charge in [-0.1, -0.05) is 18.2 Å². The monoisotopic (exact) mass is 421 g/mol. The molecular weight excluding hydrogens is 398 g/mol. The molecule has 154 valence electrons. The maximum absolute atomic E-state index is 13.1. The quantitative estimate of drug-likeness (QED) is 0.604. The molecule has 0 radical (unpaired) electrons. The first-order valence-corrected chi connectivity index (χ1v) is 10.8. The molecule has 2 amide bonds. The Bertz CT molecular complexity index is 990. The lowest BCUT2D eigenvalue weighted by atomic mass is 10.0. The van der Waals surface area contributed by atoms with Crippen LogP contribution in [0.1, 0.15) is 28.9 Å². The summed E-state index contributed by atoms with van der Waals surface area (Å²) in [4.78, 5) is 33.6. The van der Waals surface area contributed by atoms with E-state index in [0.29, 0.717) is 30.9 Å². The van der Waals surface area contributed by atoms with Crippen LogP contribution in [-0.2, 0) is 11.4 Å². The van der Waals surface area contributed by atoms with Gasteiger partial charge >= 0.3 is 0 Å². The predicted molar refractivity (Wildman–Crippen MR) is 117 cm³/mol. The molecule has 2 aromatic carbocycles. The molecule has 4 rings (SSSR count). The van der Waals surface area contributed by atoms with Gasteiger partial charge in [-0.05, 0) is 49.2 Å². The Morgan fingerprint density at radius 1 is 1.20 bits per heavy atom. The normalized spacial score (nSPS) is 16.4. The molecule has 2 heterocycles. The molecule has 0 N–H and O–H groups in total. The molecule has 1 atom stereocenters. The summed E-state index contributed by atoms with van der Waals surface area (Å²) in [6.45, 7) is 1.06. The smallest absolute Gasteiger partial charge is 0.254 e. The summed E-state index contributed by atoms with van der Waals surface area (Å²) < 4.78 is 5.70. The number of carbonyl (C=O) groups excluding carboxylic acids is 2. The molecule has 1 aliphatic heterocycles. The molecular formula is C23H23N3O3S. The highest BCUT2D eigenvalue weighted by Gasteiger charge is 2.34. The fraction of sp³-hybridized carbons (Fsp3) is 0.261. The van der Waals surface area contributed by atoms with Gasteiger partial charge in [0.05, 0.1) is 11.2 Å². The van der Waals surface area contributed by atoms with Crippen LogP contribution in [0.3, 0.4) is 0 Å². The maximum atomic E-state index is 13.1. The highest BCUT2D eigenvalue weighted by molar-refractivity contribution is 7.07. The highest BCUT2D eigenvalue weighted by atomic mass is 32.1. The summed E-state index contributed by atoms with van der Waals surface area (Å²) >= 11 is 1.52. The number of benzene rings is 2. The Hall–Kier alpha value is -3.19. The zero-order valence-electron chi connectivity index (χ0n) is 16.7. The first-order valence-electron chi connectivity index (χ1n) is 9.87. The number of aromatic nitrogens is 1. The zero-order valence-corrected chi connectivity index (χ0v) is 17.5. The first-order chi connectivity index (χ1) is 14.6. The summed E-state index contributed by atoms with van der Waals surface area (Å²) in [5.41, 5.74) is 4.04. The SMILES string of the molecule is CN(C(=O)c1ccc(OCc2cscn2)cc1)C1CCCN(c2ccccc2)C1=O. The lowest BCUT2D eigenvalue weighted by molar-refractivity contribution is -0.124. The Labute approximate surface area is 179 Å². The molecule has 1 unspecified atom stereocenters. The predicted octanol–water partition coefficient (Wildman–Crippen LogP) is 3.99. The Morgan fingerprint density at radius 3 is 2.67 bits per heavy atom. The Kier molecular flexibility index (Phi) is 6.09. The Morgan fingerprint density at radius 2 is 1.97 bits per heavy atom. The summed E-state index contributed by atoms with van der Waals surface area (Å²) in [7, 11) is 1.70. The topological polar surface area (TPSA) is 62.7 Å². The Balaban J connectivity index is 1.41. The third kappa shape index (κ3) is 4.36. The van der Waals surface area contributed by atoms with E-state index < -0.39 is 6.04 Å². The molecule has 0 bridgehead atoms. The van der Waals surface area contributed by atoms with Crippen molar-refractivity contribution in [3.8, 4) is 5.75 Å². The lowest BCUT2D eigenvalue weighted by Crippen LogP contribution is -2.53. The number of piperidine rings is 1. The van der Waals surface area contributed by atoms with E-state index in [4.69, 9.17) is 4.74 Å². The van der Waals surface area contributed by atoms with Gasteiger partial charge in [-0.25, -0.2) is 4.98 Å². The second kappa shape index (κ2) is 9.09. The van der Waals surface area contributed by atoms with E-state index in [1.165, 1.54) is 11.3 Å². The van der Waals surface area contributed by atoms with Gasteiger partial charge in [-0.3, -0.25) is 9.59 Å². The zero-order chi connectivity index (χ0) is 20.9. The molecule has 0 spiro atoms. The van der Waals surface area contributed by atoms with Gasteiger partial charge < -0.3 is 14.5 Å². The number of nitrogens with zero attached hydrogens (tertiary/aromatic N) is 3. The van der Waals surface area contributed by atoms with Crippen molar-refractivity contribution < 1.29 is 14.3 Å². The van der Waals surface area contributed by atoms with Crippen LogP contribution in [0, 0.1) is 0 Å². The molecule has 1 fully saturated rings. The van der Waals surface area contributed by atoms with Crippen molar-refractivity contribution in [1.82, 2.24) is 9.88 Å². The minimum absolute atomic E-state index is 0.0356. The van der Waals surface area contributed by atoms with E-state index in [1.807, 2.05) is 35.7 Å². The van der Waals surface area contributed by atoms with Crippen LogP contribution in [-0.4, -0.2) is 41.3 Å². The number of rotatable bonds is 6. The van der Waals surface area contributed by atoms with Crippen molar-refractivity contribution in [2.24, 2.45) is 0 Å². The van der Waals surface area contributed by atoms with Crippen molar-refractivity contribution in [1.29, 1.82) is 0 Å². The van der Waals surface area contributed by atoms with Crippen LogP contribution in [0.4, 0.5) is 5.69 Å². The third-order valence-electron chi connectivity index (χ3n) is 5.24. The van der Waals surface area contributed by atoms with E-state index in [1.54, 1.807) is 46.6 Å². The van der Waals surface area contributed by atoms with E-state index in [-0.39, 0.29) is 11.8 Å². The van der Waals surface area contributed by atoms with Gasteiger partial charge in [0.25, 0.3) is 5.91 Å². The minimum Gasteiger partial charge on any atom is -0.487 e. The number of carbonyl (C=O) groups is 2. The summed E-state index contributed by atoms with van der Waals surface area (Å²) in [5.74, 6) is 0.465. The number of thiazole rings is 1. The lowest BCUT2D eigenvalue weighted by Gasteiger charge is -2.36. The second-order valence-electron chi connectivity index (χ2n) is 7.19. The van der Waals surface area contributed by atoms with Crippen molar-refractivity contribution in [2.45, 2.75) is 25.5 Å². The van der Waals surface area contributed by atoms with Gasteiger partial charge in [0, 0.05) is 30.2 Å². The third-order valence-corrected chi connectivity index (χ3v) is 5.87. The summed E-state index contributed by atoms with van der Waals surface area (Å²) in [6, 6.07) is 16.1. The molecule has 1 saturated heterocycles. The average molecular weight is 422 g/mol. The van der Waals surface area contributed by atoms with E-state index in [9.17, 15) is 9.59 Å². The molecule has 30 heavy (non-hydrogen) atoms. The van der Waals surface area contributed by atoms with Crippen LogP contribution in [0.2, 0.25) is 0 Å². The van der Waals surface area contributed by atoms with E-state index >= 15 is 0 Å². The van der Waals surface area contributed by atoms with Gasteiger partial charge in [0.1, 0.15) is 18.4 Å². The number of ether oxygens (including phenoxy) is 1. The van der Waals surface area contributed by atoms with E-state index in [2.05, 4.69) is 4.98 Å². The van der Waals surface area contributed by atoms with Crippen molar-refractivity contribution in [2.75, 3.05) is 18.5 Å². The van der Waals surface area contributed by atoms with Crippen molar-refractivity contribution in [3.63, 3.8) is 0 Å². The number of anilines is 1. The standard InChI is InChI=1S/C23H23N3O3S/c1-25(21-8-5-13-26(23(21)28)19-6-3-2-4-7-19)22(27)17-9-11-20(12-10-17)29-14-18-15-30-16-24-18/h2-4,6-7,9-12,15-16,21H,5,8,13-14H2,1H3. The fourth-order valence-electron chi connectivity index (χ4n) is 3.58. The van der Waals surface area contributed by atoms with Crippen LogP contribution >= 0.6 is 11.3 Å². The number of hydrogen-bond donors (Lipinski definition) is 0. The largest absolute Gasteiger partial charge is 0.487 e. The van der Waals surface area contributed by atoms with Crippen molar-refractivity contribution in [3.05, 3.63) is 76.7 Å². The number of likely N-dealkylation sites (N-methyl/N-ethyl adjacent to an activating group) is 1. The number of hydrogen-bond acceptors (Lipinski definition) is 5. The van der Waals surface area contributed by atoms with Gasteiger partial charge in [0.2, 0.25) is 5.91 Å². The van der Waals surface area contributed by atoms with Gasteiger partial charge in [-0.15, -0.1) is 11.3 Å². The second-order valence-corrected chi connectivity index (χ2v) is 7.91. The summed E-state index contributed by atoms with van der Waals surface area (Å²) in [6.07, 6.45) is 1.52. The fourth-order valence-corrected chi connectivity index (χ4v) is 4.13. The van der Waals surface area contributed by atoms with Crippen LogP contribution < -0.4 is 9.64 Å². The molecule has 1 aromatic heterocycles. The van der Waals surface area contributed by atoms with Crippen molar-refractivity contribution >= 4 is 28.8 Å². The van der Waals surface area contributed by atoms with Crippen LogP contribution in [0.25, 0.3) is 0 Å². The van der Waals surface area contributed by atoms with Crippen LogP contribution in [0.5, 0.6) is 5.75 Å². The maximum Gasteiger partial charge on any atom is 0.254 e. The number of para-hydroxylation sites is 1. The molecule has 3 aromatic rings. The van der Waals surface area contributed by atoms with E-state index in [0.717, 1.165) is 17.8 Å². The summed E-state index contributed by atoms with van der Waals surface area (Å²) in [5, 5.41) is 1.94. The molecule has 0 saturated carbocycles. The minimum atomic E-state index is -0.466. The van der Waals surface area contributed by atoms with Gasteiger partial charge in [-0.2, -0.15) is 0 Å². The van der Waals surface area contributed by atoms with Gasteiger partial charge in [0.15, 0.2) is 0 Å². The number of amides is 2. The molecule has 1 aliphatic rings. The molecule has 7 heteroatoms. The highest BCUT2D eigenvalue weighted by Crippen LogP contribution is 2.24.